The largest absolute Gasteiger partial charge is 0.387 e. The molecule has 0 aliphatic carbocycles. The molecule has 0 fully saturated rings. The lowest BCUT2D eigenvalue weighted by Crippen LogP contribution is -2.28. The van der Waals surface area contributed by atoms with Crippen molar-refractivity contribution in [3.63, 3.8) is 0 Å². The molecule has 2 aromatic rings. The van der Waals surface area contributed by atoms with Crippen molar-refractivity contribution < 1.29 is 14.3 Å². The summed E-state index contributed by atoms with van der Waals surface area (Å²) >= 11 is 3.23. The summed E-state index contributed by atoms with van der Waals surface area (Å²) in [5.41, 5.74) is 0.935. The van der Waals surface area contributed by atoms with E-state index in [1.54, 1.807) is 12.3 Å². The van der Waals surface area contributed by atoms with E-state index < -0.39 is 6.10 Å². The minimum Gasteiger partial charge on any atom is -0.387 e. The molecule has 1 aromatic heterocycles. The van der Waals surface area contributed by atoms with E-state index in [0.29, 0.717) is 15.6 Å². The van der Waals surface area contributed by atoms with Crippen LogP contribution in [-0.2, 0) is 0 Å². The summed E-state index contributed by atoms with van der Waals surface area (Å²) in [6.45, 7) is 0.0387. The summed E-state index contributed by atoms with van der Waals surface area (Å²) in [5.74, 6) is -0.704. The van der Waals surface area contributed by atoms with E-state index in [4.69, 9.17) is 0 Å². The Morgan fingerprint density at radius 1 is 1.35 bits per heavy atom. The van der Waals surface area contributed by atoms with Crippen LogP contribution >= 0.6 is 15.9 Å². The first kappa shape index (κ1) is 14.6. The van der Waals surface area contributed by atoms with Gasteiger partial charge in [0, 0.05) is 23.4 Å². The summed E-state index contributed by atoms with van der Waals surface area (Å²) < 4.78 is 13.5. The van der Waals surface area contributed by atoms with Crippen LogP contribution in [0, 0.1) is 5.82 Å². The summed E-state index contributed by atoms with van der Waals surface area (Å²) in [4.78, 5) is 15.7. The molecule has 1 heterocycles. The van der Waals surface area contributed by atoms with Gasteiger partial charge in [-0.05, 0) is 39.7 Å². The maximum Gasteiger partial charge on any atom is 0.252 e. The number of aliphatic hydroxyl groups excluding tert-OH is 1. The predicted octanol–water partition coefficient (Wildman–Crippen LogP) is 2.45. The molecule has 104 valence electrons. The Balaban J connectivity index is 1.94. The van der Waals surface area contributed by atoms with Crippen LogP contribution in [0.2, 0.25) is 0 Å². The molecule has 0 saturated carbocycles. The number of hydrogen-bond acceptors (Lipinski definition) is 3. The van der Waals surface area contributed by atoms with Crippen molar-refractivity contribution in [1.82, 2.24) is 10.3 Å². The quantitative estimate of drug-likeness (QED) is 0.900. The lowest BCUT2D eigenvalue weighted by atomic mass is 10.1. The zero-order chi connectivity index (χ0) is 14.5. The number of aliphatic hydroxyl groups is 1. The van der Waals surface area contributed by atoms with Crippen LogP contribution < -0.4 is 5.32 Å². The van der Waals surface area contributed by atoms with Gasteiger partial charge in [-0.3, -0.25) is 9.78 Å². The Bertz CT molecular complexity index is 604. The molecule has 0 spiro atoms. The SMILES string of the molecule is O=C(NC[C@H](O)c1ccc(F)cc1)c1cncc(Br)c1. The third-order valence-electron chi connectivity index (χ3n) is 2.68. The molecule has 20 heavy (non-hydrogen) atoms. The second-order valence-corrected chi connectivity index (χ2v) is 5.08. The standard InChI is InChI=1S/C14H12BrFN2O2/c15-11-5-10(6-17-7-11)14(20)18-8-13(19)9-1-3-12(16)4-2-9/h1-7,13,19H,8H2,(H,18,20)/t13-/m0/s1. The van der Waals surface area contributed by atoms with Gasteiger partial charge in [-0.1, -0.05) is 12.1 Å². The van der Waals surface area contributed by atoms with E-state index in [2.05, 4.69) is 26.2 Å². The summed E-state index contributed by atoms with van der Waals surface area (Å²) in [7, 11) is 0. The molecule has 6 heteroatoms. The summed E-state index contributed by atoms with van der Waals surface area (Å²) in [6.07, 6.45) is 2.12. The fourth-order valence-corrected chi connectivity index (χ4v) is 2.00. The number of halogens is 2. The van der Waals surface area contributed by atoms with E-state index >= 15 is 0 Å². The van der Waals surface area contributed by atoms with Gasteiger partial charge in [0.2, 0.25) is 0 Å². The van der Waals surface area contributed by atoms with Gasteiger partial charge in [0.15, 0.2) is 0 Å². The number of amides is 1. The number of carbonyl (C=O) groups excluding carboxylic acids is 1. The molecule has 1 atom stereocenters. The normalized spacial score (nSPS) is 11.9. The predicted molar refractivity (Wildman–Crippen MR) is 75.6 cm³/mol. The Morgan fingerprint density at radius 3 is 2.70 bits per heavy atom. The Labute approximate surface area is 123 Å². The summed E-state index contributed by atoms with van der Waals surface area (Å²) in [6, 6.07) is 7.11. The molecule has 0 radical (unpaired) electrons. The monoisotopic (exact) mass is 338 g/mol. The Morgan fingerprint density at radius 2 is 2.05 bits per heavy atom. The van der Waals surface area contributed by atoms with Crippen LogP contribution in [0.15, 0.2) is 47.2 Å². The third-order valence-corrected chi connectivity index (χ3v) is 3.11. The van der Waals surface area contributed by atoms with E-state index in [1.165, 1.54) is 30.5 Å². The first-order valence-electron chi connectivity index (χ1n) is 5.88. The molecule has 2 N–H and O–H groups in total. The highest BCUT2D eigenvalue weighted by Crippen LogP contribution is 2.13. The van der Waals surface area contributed by atoms with Gasteiger partial charge in [0.25, 0.3) is 5.91 Å². The number of hydrogen-bond donors (Lipinski definition) is 2. The van der Waals surface area contributed by atoms with Crippen molar-refractivity contribution in [2.45, 2.75) is 6.10 Å². The lowest BCUT2D eigenvalue weighted by molar-refractivity contribution is 0.0916. The maximum atomic E-state index is 12.8. The molecule has 0 saturated heterocycles. The fraction of sp³-hybridized carbons (Fsp3) is 0.143. The molecule has 0 aliphatic rings. The number of nitrogens with one attached hydrogen (secondary N) is 1. The van der Waals surface area contributed by atoms with Gasteiger partial charge >= 0.3 is 0 Å². The van der Waals surface area contributed by atoms with E-state index in [0.717, 1.165) is 0 Å². The topological polar surface area (TPSA) is 62.2 Å². The van der Waals surface area contributed by atoms with Crippen molar-refractivity contribution in [2.24, 2.45) is 0 Å². The van der Waals surface area contributed by atoms with Gasteiger partial charge in [-0.25, -0.2) is 4.39 Å². The van der Waals surface area contributed by atoms with Crippen molar-refractivity contribution in [1.29, 1.82) is 0 Å². The second kappa shape index (κ2) is 6.58. The maximum absolute atomic E-state index is 12.8. The van der Waals surface area contributed by atoms with E-state index in [-0.39, 0.29) is 18.3 Å². The minimum absolute atomic E-state index is 0.0387. The molecule has 1 aromatic carbocycles. The smallest absolute Gasteiger partial charge is 0.252 e. The van der Waals surface area contributed by atoms with Crippen molar-refractivity contribution in [3.05, 3.63) is 64.1 Å². The molecule has 2 rings (SSSR count). The average Bonchev–Trinajstić information content (AvgIpc) is 2.45. The molecule has 0 bridgehead atoms. The highest BCUT2D eigenvalue weighted by Gasteiger charge is 2.11. The minimum atomic E-state index is -0.889. The number of nitrogens with zero attached hydrogens (tertiary/aromatic N) is 1. The molecule has 1 amide bonds. The van der Waals surface area contributed by atoms with E-state index in [1.807, 2.05) is 0 Å². The first-order chi connectivity index (χ1) is 9.56. The van der Waals surface area contributed by atoms with Crippen molar-refractivity contribution in [2.75, 3.05) is 6.54 Å². The highest BCUT2D eigenvalue weighted by molar-refractivity contribution is 9.10. The van der Waals surface area contributed by atoms with Crippen LogP contribution in [0.25, 0.3) is 0 Å². The first-order valence-corrected chi connectivity index (χ1v) is 6.68. The zero-order valence-electron chi connectivity index (χ0n) is 10.4. The zero-order valence-corrected chi connectivity index (χ0v) is 12.0. The number of aromatic nitrogens is 1. The van der Waals surface area contributed by atoms with Gasteiger partial charge in [0.05, 0.1) is 11.7 Å². The number of benzene rings is 1. The lowest BCUT2D eigenvalue weighted by Gasteiger charge is -2.12. The second-order valence-electron chi connectivity index (χ2n) is 4.17. The van der Waals surface area contributed by atoms with Crippen molar-refractivity contribution >= 4 is 21.8 Å². The van der Waals surface area contributed by atoms with Crippen LogP contribution in [0.4, 0.5) is 4.39 Å². The Hall–Kier alpha value is -1.79. The Kier molecular flexibility index (Phi) is 4.81. The number of carbonyl (C=O) groups is 1. The van der Waals surface area contributed by atoms with Crippen LogP contribution in [0.1, 0.15) is 22.0 Å². The third kappa shape index (κ3) is 3.85. The highest BCUT2D eigenvalue weighted by atomic mass is 79.9. The molecule has 0 aliphatic heterocycles. The van der Waals surface area contributed by atoms with Gasteiger partial charge in [-0.2, -0.15) is 0 Å². The van der Waals surface area contributed by atoms with E-state index in [9.17, 15) is 14.3 Å². The average molecular weight is 339 g/mol. The van der Waals surface area contributed by atoms with Crippen LogP contribution in [0.5, 0.6) is 0 Å². The summed E-state index contributed by atoms with van der Waals surface area (Å²) in [5, 5.41) is 12.5. The molecule has 4 nitrogen and oxygen atoms in total. The van der Waals surface area contributed by atoms with Crippen LogP contribution in [0.3, 0.4) is 0 Å². The fourth-order valence-electron chi connectivity index (χ4n) is 1.63. The molecule has 0 unspecified atom stereocenters. The molecular weight excluding hydrogens is 327 g/mol. The van der Waals surface area contributed by atoms with Gasteiger partial charge in [0.1, 0.15) is 5.82 Å². The van der Waals surface area contributed by atoms with Gasteiger partial charge < -0.3 is 10.4 Å². The number of pyridine rings is 1. The molecular formula is C14H12BrFN2O2. The van der Waals surface area contributed by atoms with Gasteiger partial charge in [-0.15, -0.1) is 0 Å². The van der Waals surface area contributed by atoms with Crippen molar-refractivity contribution in [3.8, 4) is 0 Å². The number of rotatable bonds is 4. The van der Waals surface area contributed by atoms with Crippen LogP contribution in [-0.4, -0.2) is 22.5 Å².